The summed E-state index contributed by atoms with van der Waals surface area (Å²) in [5.41, 5.74) is 1.25. The Morgan fingerprint density at radius 2 is 1.49 bits per heavy atom. The number of amides is 1. The van der Waals surface area contributed by atoms with Gasteiger partial charge < -0.3 is 24.8 Å². The fraction of sp³-hybridized carbons (Fsp3) is 0.306. The van der Waals surface area contributed by atoms with Crippen molar-refractivity contribution < 1.29 is 46.3 Å². The average Bonchev–Trinajstić information content (AvgIpc) is 3.14. The van der Waals surface area contributed by atoms with Crippen molar-refractivity contribution in [3.05, 3.63) is 134 Å². The molecule has 4 atom stereocenters. The molecule has 15 heteroatoms. The average molecular weight is 713 g/mol. The second-order valence-corrected chi connectivity index (χ2v) is 12.4. The second kappa shape index (κ2) is 15.1. The number of aliphatic hydroxyl groups excluding tert-OH is 1. The van der Waals surface area contributed by atoms with Crippen molar-refractivity contribution in [2.45, 2.75) is 32.0 Å². The minimum atomic E-state index is -2.37. The van der Waals surface area contributed by atoms with Crippen LogP contribution < -0.4 is 10.2 Å². The molecule has 10 nitrogen and oxygen atoms in total. The molecule has 2 saturated heterocycles. The summed E-state index contributed by atoms with van der Waals surface area (Å²) in [7, 11) is 0. The minimum Gasteiger partial charge on any atom is -0.392 e. The lowest BCUT2D eigenvalue weighted by molar-refractivity contribution is -0.384. The molecule has 2 aliphatic rings. The number of rotatable bonds is 9. The van der Waals surface area contributed by atoms with E-state index in [1.54, 1.807) is 30.3 Å². The van der Waals surface area contributed by atoms with E-state index in [9.17, 15) is 42.0 Å². The van der Waals surface area contributed by atoms with Crippen LogP contribution in [0.1, 0.15) is 46.4 Å². The summed E-state index contributed by atoms with van der Waals surface area (Å²) in [6.07, 6.45) is -1.83. The number of halogens is 5. The maximum Gasteiger partial charge on any atom is 0.269 e. The van der Waals surface area contributed by atoms with Crippen LogP contribution in [0.2, 0.25) is 0 Å². The molecule has 0 saturated carbocycles. The third-order valence-electron chi connectivity index (χ3n) is 9.21. The molecule has 2 N–H and O–H groups in total. The molecule has 0 aliphatic carbocycles. The van der Waals surface area contributed by atoms with Crippen molar-refractivity contribution >= 4 is 23.0 Å². The molecule has 268 valence electrons. The van der Waals surface area contributed by atoms with Crippen LogP contribution in [-0.4, -0.2) is 59.7 Å². The van der Waals surface area contributed by atoms with E-state index in [1.807, 2.05) is 19.1 Å². The fourth-order valence-electron chi connectivity index (χ4n) is 6.32. The van der Waals surface area contributed by atoms with Crippen LogP contribution in [0.3, 0.4) is 0 Å². The lowest BCUT2D eigenvalue weighted by atomic mass is 9.90. The zero-order valence-corrected chi connectivity index (χ0v) is 27.2. The molecule has 4 aromatic rings. The maximum absolute atomic E-state index is 14.3. The zero-order valence-electron chi connectivity index (χ0n) is 27.2. The molecule has 6 rings (SSSR count). The highest BCUT2D eigenvalue weighted by atomic mass is 19.2. The number of benzene rings is 4. The first-order valence-electron chi connectivity index (χ1n) is 16.1. The summed E-state index contributed by atoms with van der Waals surface area (Å²) in [5.74, 6) is -13.0. The van der Waals surface area contributed by atoms with E-state index < -0.39 is 57.9 Å². The number of non-ortho nitro benzene ring substituents is 1. The molecule has 0 radical (unpaired) electrons. The number of anilines is 2. The van der Waals surface area contributed by atoms with E-state index in [1.165, 1.54) is 30.3 Å². The molecule has 2 aliphatic heterocycles. The largest absolute Gasteiger partial charge is 0.392 e. The summed E-state index contributed by atoms with van der Waals surface area (Å²) in [4.78, 5) is 27.8. The number of nitro benzene ring substituents is 1. The van der Waals surface area contributed by atoms with Crippen LogP contribution in [0.15, 0.2) is 72.8 Å². The minimum absolute atomic E-state index is 0.00460. The van der Waals surface area contributed by atoms with Gasteiger partial charge in [0.25, 0.3) is 11.6 Å². The van der Waals surface area contributed by atoms with Gasteiger partial charge in [-0.2, -0.15) is 0 Å². The Bertz CT molecular complexity index is 1880. The second-order valence-electron chi connectivity index (χ2n) is 12.4. The number of carbonyl (C=O) groups is 1. The van der Waals surface area contributed by atoms with Gasteiger partial charge in [-0.25, -0.2) is 22.0 Å². The van der Waals surface area contributed by atoms with Crippen molar-refractivity contribution in [1.82, 2.24) is 4.90 Å². The predicted octanol–water partition coefficient (Wildman–Crippen LogP) is 6.65. The van der Waals surface area contributed by atoms with Gasteiger partial charge in [0.2, 0.25) is 5.82 Å². The number of hydrogen-bond acceptors (Lipinski definition) is 8. The van der Waals surface area contributed by atoms with Gasteiger partial charge in [0.05, 0.1) is 23.7 Å². The molecule has 2 heterocycles. The Morgan fingerprint density at radius 3 is 2.10 bits per heavy atom. The van der Waals surface area contributed by atoms with E-state index in [4.69, 9.17) is 9.47 Å². The van der Waals surface area contributed by atoms with Gasteiger partial charge in [0.1, 0.15) is 5.56 Å². The Balaban J connectivity index is 1.21. The fourth-order valence-corrected chi connectivity index (χ4v) is 6.32. The molecule has 1 amide bonds. The molecule has 0 bridgehead atoms. The molecule has 0 aromatic heterocycles. The number of nitrogens with zero attached hydrogens (tertiary/aromatic N) is 3. The normalized spacial score (nSPS) is 21.0. The molecule has 2 fully saturated rings. The monoisotopic (exact) mass is 712 g/mol. The molecule has 0 spiro atoms. The van der Waals surface area contributed by atoms with Crippen LogP contribution in [0.25, 0.3) is 0 Å². The van der Waals surface area contributed by atoms with Crippen molar-refractivity contribution in [1.29, 1.82) is 0 Å². The van der Waals surface area contributed by atoms with Crippen LogP contribution in [-0.2, 0) is 16.1 Å². The van der Waals surface area contributed by atoms with Gasteiger partial charge >= 0.3 is 0 Å². The smallest absolute Gasteiger partial charge is 0.269 e. The summed E-state index contributed by atoms with van der Waals surface area (Å²) in [5, 5.41) is 22.8. The maximum atomic E-state index is 14.3. The van der Waals surface area contributed by atoms with Crippen molar-refractivity contribution in [2.75, 3.05) is 42.9 Å². The van der Waals surface area contributed by atoms with E-state index in [0.717, 1.165) is 16.8 Å². The molecule has 51 heavy (non-hydrogen) atoms. The first-order chi connectivity index (χ1) is 24.4. The Morgan fingerprint density at radius 1 is 0.863 bits per heavy atom. The lowest BCUT2D eigenvalue weighted by Crippen LogP contribution is -2.51. The highest BCUT2D eigenvalue weighted by Crippen LogP contribution is 2.42. The first kappa shape index (κ1) is 35.9. The molecule has 4 aromatic carbocycles. The number of nitrogens with one attached hydrogen (secondary N) is 1. The van der Waals surface area contributed by atoms with E-state index in [2.05, 4.69) is 15.1 Å². The zero-order chi connectivity index (χ0) is 36.4. The van der Waals surface area contributed by atoms with Crippen molar-refractivity contribution in [2.24, 2.45) is 5.92 Å². The van der Waals surface area contributed by atoms with Gasteiger partial charge in [0.15, 0.2) is 29.6 Å². The van der Waals surface area contributed by atoms with E-state index in [0.29, 0.717) is 38.3 Å². The Labute approximate surface area is 289 Å². The third-order valence-corrected chi connectivity index (χ3v) is 9.21. The summed E-state index contributed by atoms with van der Waals surface area (Å²) < 4.78 is 82.7. The highest BCUT2D eigenvalue weighted by Gasteiger charge is 2.40. The molecular weight excluding hydrogens is 679 g/mol. The van der Waals surface area contributed by atoms with E-state index in [-0.39, 0.29) is 30.0 Å². The van der Waals surface area contributed by atoms with Gasteiger partial charge in [-0.1, -0.05) is 43.3 Å². The van der Waals surface area contributed by atoms with Gasteiger partial charge in [-0.05, 0) is 35.4 Å². The highest BCUT2D eigenvalue weighted by molar-refractivity contribution is 6.04. The first-order valence-corrected chi connectivity index (χ1v) is 16.1. The van der Waals surface area contributed by atoms with Gasteiger partial charge in [0, 0.05) is 67.7 Å². The Kier molecular flexibility index (Phi) is 10.6. The number of hydrogen-bond donors (Lipinski definition) is 2. The number of carbonyl (C=O) groups excluding carboxylic acids is 1. The summed E-state index contributed by atoms with van der Waals surface area (Å²) in [6.45, 7) is 5.11. The summed E-state index contributed by atoms with van der Waals surface area (Å²) >= 11 is 0. The number of ether oxygens (including phenoxy) is 2. The topological polar surface area (TPSA) is 117 Å². The molecule has 0 unspecified atom stereocenters. The van der Waals surface area contributed by atoms with Crippen LogP contribution in [0, 0.1) is 45.1 Å². The van der Waals surface area contributed by atoms with E-state index >= 15 is 0 Å². The quantitative estimate of drug-likeness (QED) is 0.0652. The predicted molar refractivity (Wildman–Crippen MR) is 175 cm³/mol. The van der Waals surface area contributed by atoms with Crippen LogP contribution in [0.4, 0.5) is 39.0 Å². The number of nitro groups is 1. The SMILES string of the molecule is C[C@H]1[C@@H](CN2CCN(c3ccc([N+](=O)[O-])cc3)CC2)O[C@@H](c2cccc(NC(=O)c3c(F)c(F)c(F)c(F)c3F)c2)O[C@H]1c1ccc(CO)cc1. The lowest BCUT2D eigenvalue weighted by Gasteiger charge is -2.44. The van der Waals surface area contributed by atoms with Crippen LogP contribution in [0.5, 0.6) is 0 Å². The van der Waals surface area contributed by atoms with Gasteiger partial charge in [-0.3, -0.25) is 19.8 Å². The summed E-state index contributed by atoms with van der Waals surface area (Å²) in [6, 6.07) is 19.7. The third kappa shape index (κ3) is 7.56. The van der Waals surface area contributed by atoms with Crippen LogP contribution >= 0.6 is 0 Å². The Hall–Kier alpha value is -4.96. The number of aliphatic hydroxyl groups is 1. The van der Waals surface area contributed by atoms with Gasteiger partial charge in [-0.15, -0.1) is 0 Å². The standard InChI is InChI=1S/C36H33F5N4O6/c1-20-27(18-43-13-15-44(16-14-43)25-9-11-26(12-10-25)45(48)49)50-36(51-34(20)22-7-5-21(19-46)6-8-22)23-3-2-4-24(17-23)42-35(47)28-29(37)31(39)33(41)32(40)30(28)38/h2-12,17,20,27,34,36,46H,13-16,18-19H2,1H3,(H,42,47)/t20-,27+,34+,36+/m0/s1. The molecular formula is C36H33F5N4O6. The van der Waals surface area contributed by atoms with Crippen molar-refractivity contribution in [3.63, 3.8) is 0 Å². The van der Waals surface area contributed by atoms with Crippen molar-refractivity contribution in [3.8, 4) is 0 Å². The number of piperazine rings is 1.